The zero-order valence-corrected chi connectivity index (χ0v) is 23.2. The van der Waals surface area contributed by atoms with Crippen molar-refractivity contribution in [2.24, 2.45) is 11.7 Å². The van der Waals surface area contributed by atoms with E-state index in [9.17, 15) is 9.90 Å². The summed E-state index contributed by atoms with van der Waals surface area (Å²) >= 11 is 12.3. The van der Waals surface area contributed by atoms with Crippen LogP contribution < -0.4 is 11.1 Å². The second kappa shape index (κ2) is 11.7. The smallest absolute Gasteiger partial charge is 0.163 e. The van der Waals surface area contributed by atoms with E-state index >= 15 is 0 Å². The summed E-state index contributed by atoms with van der Waals surface area (Å²) in [6.45, 7) is 4.85. The van der Waals surface area contributed by atoms with Crippen molar-refractivity contribution in [2.75, 3.05) is 25.0 Å². The number of aromatic hydroxyl groups is 1. The number of likely N-dealkylation sites (tertiary alicyclic amines) is 1. The third kappa shape index (κ3) is 6.15. The first kappa shape index (κ1) is 27.9. The highest BCUT2D eigenvalue weighted by Gasteiger charge is 2.27. The van der Waals surface area contributed by atoms with Crippen LogP contribution in [0.5, 0.6) is 5.75 Å². The molecule has 4 N–H and O–H groups in total. The number of fused-ring (bicyclic) bond motifs is 1. The van der Waals surface area contributed by atoms with E-state index in [1.807, 2.05) is 18.2 Å². The van der Waals surface area contributed by atoms with E-state index in [1.165, 1.54) is 0 Å². The van der Waals surface area contributed by atoms with E-state index in [2.05, 4.69) is 15.2 Å². The molecule has 1 aromatic heterocycles. The summed E-state index contributed by atoms with van der Waals surface area (Å²) in [5.41, 5.74) is 9.98. The van der Waals surface area contributed by atoms with Gasteiger partial charge in [-0.25, -0.2) is 0 Å². The lowest BCUT2D eigenvalue weighted by molar-refractivity contribution is 0.101. The zero-order chi connectivity index (χ0) is 25.4. The van der Waals surface area contributed by atoms with E-state index in [4.69, 9.17) is 28.9 Å². The van der Waals surface area contributed by atoms with Gasteiger partial charge in [0.1, 0.15) is 0 Å². The Morgan fingerprint density at radius 3 is 2.43 bits per heavy atom. The zero-order valence-electron chi connectivity index (χ0n) is 20.8. The Balaban J connectivity index is 0.00000320. The average Bonchev–Trinajstić information content (AvgIpc) is 3.27. The summed E-state index contributed by atoms with van der Waals surface area (Å²) in [7, 11) is 0. The number of pyridine rings is 1. The number of phenolic OH excluding ortho intramolecular Hbond substituents is 1. The third-order valence-electron chi connectivity index (χ3n) is 7.62. The van der Waals surface area contributed by atoms with Crippen molar-refractivity contribution in [3.8, 4) is 16.9 Å². The third-order valence-corrected chi connectivity index (χ3v) is 8.19. The van der Waals surface area contributed by atoms with E-state index in [0.29, 0.717) is 23.6 Å². The lowest BCUT2D eigenvalue weighted by Gasteiger charge is -2.32. The molecule has 1 unspecified atom stereocenters. The van der Waals surface area contributed by atoms with Crippen molar-refractivity contribution in [3.05, 3.63) is 52.1 Å². The van der Waals surface area contributed by atoms with E-state index in [0.717, 1.165) is 79.5 Å². The van der Waals surface area contributed by atoms with Crippen LogP contribution in [0.3, 0.4) is 0 Å². The highest BCUT2D eigenvalue weighted by Crippen LogP contribution is 2.39. The van der Waals surface area contributed by atoms with Gasteiger partial charge < -0.3 is 21.1 Å². The number of ketones is 1. The fourth-order valence-corrected chi connectivity index (χ4v) is 6.10. The van der Waals surface area contributed by atoms with Gasteiger partial charge in [-0.1, -0.05) is 29.3 Å². The Labute approximate surface area is 233 Å². The number of nitrogens with two attached hydrogens (primary N) is 1. The molecule has 6 nitrogen and oxygen atoms in total. The van der Waals surface area contributed by atoms with Gasteiger partial charge in [0.25, 0.3) is 0 Å². The summed E-state index contributed by atoms with van der Waals surface area (Å²) < 4.78 is 0. The molecule has 5 rings (SSSR count). The van der Waals surface area contributed by atoms with E-state index in [1.54, 1.807) is 25.3 Å². The van der Waals surface area contributed by atoms with Crippen LogP contribution in [0, 0.1) is 5.92 Å². The predicted octanol–water partition coefficient (Wildman–Crippen LogP) is 6.54. The van der Waals surface area contributed by atoms with Crippen LogP contribution in [-0.2, 0) is 0 Å². The molecule has 0 amide bonds. The summed E-state index contributed by atoms with van der Waals surface area (Å²) in [5.74, 6) is 0.548. The number of aromatic nitrogens is 1. The van der Waals surface area contributed by atoms with Gasteiger partial charge in [0, 0.05) is 36.8 Å². The topological polar surface area (TPSA) is 91.5 Å². The average molecular weight is 564 g/mol. The number of nitrogens with zero attached hydrogens (tertiary/aromatic N) is 2. The highest BCUT2D eigenvalue weighted by molar-refractivity contribution is 6.37. The number of benzene rings is 2. The largest absolute Gasteiger partial charge is 0.505 e. The quantitative estimate of drug-likeness (QED) is 0.295. The molecule has 2 heterocycles. The number of carbonyl (C=O) groups excluding carboxylic acids is 1. The van der Waals surface area contributed by atoms with Gasteiger partial charge in [-0.15, -0.1) is 12.4 Å². The standard InChI is InChI=1S/C28H32Cl2N4O2.ClH/c1-16(35)23-13-32-26-7-4-18(19-11-24(29)28(36)25(30)12-19)10-22(26)27(23)33-21-5-2-17(3-6-21)14-34-9-8-20(31)15-34;/h4,7,10-13,17,20-21,36H,2-3,5-6,8-9,14-15,31H2,1H3,(H,32,33);1H/t17-,20?,21-;. The van der Waals surface area contributed by atoms with Crippen molar-refractivity contribution in [3.63, 3.8) is 0 Å². The van der Waals surface area contributed by atoms with Gasteiger partial charge >= 0.3 is 0 Å². The fourth-order valence-electron chi connectivity index (χ4n) is 5.61. The summed E-state index contributed by atoms with van der Waals surface area (Å²) in [5, 5.41) is 14.9. The summed E-state index contributed by atoms with van der Waals surface area (Å²) in [4.78, 5) is 19.6. The first-order valence-electron chi connectivity index (χ1n) is 12.6. The van der Waals surface area contributed by atoms with Crippen LogP contribution in [0.15, 0.2) is 36.5 Å². The maximum absolute atomic E-state index is 12.5. The molecular formula is C28H33Cl3N4O2. The molecule has 2 aliphatic rings. The van der Waals surface area contributed by atoms with Gasteiger partial charge in [0.2, 0.25) is 0 Å². The van der Waals surface area contributed by atoms with E-state index in [-0.39, 0.29) is 34.0 Å². The van der Waals surface area contributed by atoms with Crippen molar-refractivity contribution in [1.29, 1.82) is 0 Å². The normalized spacial score (nSPS) is 22.1. The monoisotopic (exact) mass is 562 g/mol. The Morgan fingerprint density at radius 2 is 1.81 bits per heavy atom. The lowest BCUT2D eigenvalue weighted by atomic mass is 9.85. The van der Waals surface area contributed by atoms with Crippen LogP contribution in [0.4, 0.5) is 5.69 Å². The van der Waals surface area contributed by atoms with Crippen molar-refractivity contribution >= 4 is 58.0 Å². The molecule has 9 heteroatoms. The highest BCUT2D eigenvalue weighted by atomic mass is 35.5. The first-order chi connectivity index (χ1) is 17.3. The molecule has 0 bridgehead atoms. The molecule has 2 aromatic carbocycles. The number of hydrogen-bond donors (Lipinski definition) is 3. The molecule has 1 aliphatic heterocycles. The minimum atomic E-state index is -0.131. The maximum atomic E-state index is 12.5. The number of rotatable bonds is 6. The van der Waals surface area contributed by atoms with Crippen LogP contribution in [0.2, 0.25) is 10.0 Å². The number of Topliss-reactive ketones (excluding diaryl/α,β-unsaturated/α-hetero) is 1. The molecular weight excluding hydrogens is 531 g/mol. The fraction of sp³-hybridized carbons (Fsp3) is 0.429. The summed E-state index contributed by atoms with van der Waals surface area (Å²) in [6.07, 6.45) is 7.23. The second-order valence-corrected chi connectivity index (χ2v) is 11.1. The van der Waals surface area contributed by atoms with Crippen molar-refractivity contribution in [2.45, 2.75) is 51.1 Å². The molecule has 37 heavy (non-hydrogen) atoms. The van der Waals surface area contributed by atoms with Gasteiger partial charge in [0.05, 0.1) is 26.8 Å². The molecule has 1 aliphatic carbocycles. The van der Waals surface area contributed by atoms with Crippen LogP contribution >= 0.6 is 35.6 Å². The van der Waals surface area contributed by atoms with E-state index < -0.39 is 0 Å². The lowest BCUT2D eigenvalue weighted by Crippen LogP contribution is -2.34. The van der Waals surface area contributed by atoms with Gasteiger partial charge in [0.15, 0.2) is 11.5 Å². The minimum Gasteiger partial charge on any atom is -0.505 e. The SMILES string of the molecule is CC(=O)c1cnc2ccc(-c3cc(Cl)c(O)c(Cl)c3)cc2c1N[C@H]1CC[C@H](CN2CCC(N)C2)CC1.Cl. The predicted molar refractivity (Wildman–Crippen MR) is 155 cm³/mol. The molecule has 0 spiro atoms. The van der Waals surface area contributed by atoms with Crippen LogP contribution in [-0.4, -0.2) is 52.5 Å². The number of hydrogen-bond acceptors (Lipinski definition) is 6. The number of carbonyl (C=O) groups is 1. The van der Waals surface area contributed by atoms with Gasteiger partial charge in [-0.05, 0) is 86.9 Å². The molecule has 1 saturated heterocycles. The van der Waals surface area contributed by atoms with Crippen LogP contribution in [0.25, 0.3) is 22.0 Å². The first-order valence-corrected chi connectivity index (χ1v) is 13.4. The van der Waals surface area contributed by atoms with Crippen LogP contribution in [0.1, 0.15) is 49.4 Å². The maximum Gasteiger partial charge on any atom is 0.163 e. The molecule has 198 valence electrons. The number of halogens is 3. The Kier molecular flexibility index (Phi) is 8.87. The molecule has 1 atom stereocenters. The molecule has 1 saturated carbocycles. The van der Waals surface area contributed by atoms with Crippen molar-refractivity contribution < 1.29 is 9.90 Å². The Bertz CT molecular complexity index is 1270. The van der Waals surface area contributed by atoms with Gasteiger partial charge in [-0.2, -0.15) is 0 Å². The molecule has 3 aromatic rings. The second-order valence-electron chi connectivity index (χ2n) is 10.3. The summed E-state index contributed by atoms with van der Waals surface area (Å²) in [6, 6.07) is 9.89. The molecule has 2 fully saturated rings. The number of phenols is 1. The minimum absolute atomic E-state index is 0. The van der Waals surface area contributed by atoms with Gasteiger partial charge in [-0.3, -0.25) is 9.78 Å². The molecule has 0 radical (unpaired) electrons. The Hall–Kier alpha value is -2.09. The number of anilines is 1. The Morgan fingerprint density at radius 1 is 1.11 bits per heavy atom. The van der Waals surface area contributed by atoms with Crippen molar-refractivity contribution in [1.82, 2.24) is 9.88 Å². The number of nitrogens with one attached hydrogen (secondary N) is 1.